The topological polar surface area (TPSA) is 367 Å². The molecule has 3 rings (SSSR count). The first-order chi connectivity index (χ1) is 51.8. The third-order valence-corrected chi connectivity index (χ3v) is 16.1. The zero-order valence-corrected chi connectivity index (χ0v) is 64.5. The van der Waals surface area contributed by atoms with Crippen molar-refractivity contribution in [2.24, 2.45) is 11.1 Å². The van der Waals surface area contributed by atoms with E-state index in [1.54, 1.807) is 12.6 Å². The number of rotatable bonds is 76. The van der Waals surface area contributed by atoms with Crippen LogP contribution in [0.3, 0.4) is 0 Å². The van der Waals surface area contributed by atoms with E-state index < -0.39 is 47.4 Å². The molecular weight excluding hydrogens is 1410 g/mol. The van der Waals surface area contributed by atoms with Gasteiger partial charge in [0.05, 0.1) is 325 Å². The van der Waals surface area contributed by atoms with Crippen LogP contribution in [0.5, 0.6) is 0 Å². The number of methoxy groups -OCH3 is 1. The van der Waals surface area contributed by atoms with Crippen LogP contribution in [-0.2, 0) is 128 Å². The van der Waals surface area contributed by atoms with Crippen LogP contribution >= 0.6 is 11.3 Å². The Morgan fingerprint density at radius 2 is 0.802 bits per heavy atom. The Balaban J connectivity index is 0.958. The molecule has 1 fully saturated rings. The van der Waals surface area contributed by atoms with Crippen LogP contribution < -0.4 is 16.4 Å². The van der Waals surface area contributed by atoms with Gasteiger partial charge in [-0.25, -0.2) is 4.98 Å². The van der Waals surface area contributed by atoms with Gasteiger partial charge in [0.1, 0.15) is 12.6 Å². The molecule has 0 aliphatic carbocycles. The van der Waals surface area contributed by atoms with Gasteiger partial charge in [0.15, 0.2) is 0 Å². The third kappa shape index (κ3) is 52.8. The molecule has 4 atom stereocenters. The van der Waals surface area contributed by atoms with Gasteiger partial charge in [0.25, 0.3) is 0 Å². The van der Waals surface area contributed by atoms with Gasteiger partial charge in [-0.15, -0.1) is 11.3 Å². The van der Waals surface area contributed by atoms with Crippen molar-refractivity contribution in [3.63, 3.8) is 0 Å². The van der Waals surface area contributed by atoms with E-state index in [0.717, 1.165) is 16.1 Å². The second-order valence-electron chi connectivity index (χ2n) is 24.6. The molecule has 2 heterocycles. The number of carbonyl (C=O) groups is 4. The number of aliphatic hydroxyl groups is 1. The molecule has 0 radical (unpaired) electrons. The average molecular weight is 1540 g/mol. The Morgan fingerprint density at radius 3 is 1.09 bits per heavy atom. The molecule has 106 heavy (non-hydrogen) atoms. The molecule has 3 amide bonds. The highest BCUT2D eigenvalue weighted by Gasteiger charge is 2.43. The SMILES string of the molecule is COCCOCCOCCOCCOCCOCCOCCOCCOCCOCCOCCOCCOCCOCCOCCOCCOCCOCCOCCOCCOCCOCCNC(=O)CCC(=O)OCC(NC(=O)[C@@H]1C[C@@H](O)CN1C(=O)[C@@H](N)C(C)(C)C)c1ccc(-c2scnc2C)cc1. The maximum Gasteiger partial charge on any atom is 0.306 e. The Bertz CT molecular complexity index is 2390. The first-order valence-electron chi connectivity index (χ1n) is 36.9. The Kier molecular flexibility index (Phi) is 61.2. The number of aliphatic hydroxyl groups excluding tert-OH is 1. The van der Waals surface area contributed by atoms with E-state index in [2.05, 4.69) is 15.6 Å². The lowest BCUT2D eigenvalue weighted by atomic mass is 9.86. The zero-order chi connectivity index (χ0) is 76.3. The number of aromatic nitrogens is 1. The molecule has 1 aromatic heterocycles. The van der Waals surface area contributed by atoms with E-state index in [9.17, 15) is 24.3 Å². The number of nitrogens with zero attached hydrogens (tertiary/aromatic N) is 2. The highest BCUT2D eigenvalue weighted by atomic mass is 32.1. The second kappa shape index (κ2) is 67.6. The minimum absolute atomic E-state index is 0.0282. The lowest BCUT2D eigenvalue weighted by molar-refractivity contribution is -0.146. The van der Waals surface area contributed by atoms with E-state index in [1.807, 2.05) is 52.0 Å². The van der Waals surface area contributed by atoms with E-state index in [-0.39, 0.29) is 51.5 Å². The van der Waals surface area contributed by atoms with E-state index >= 15 is 0 Å². The van der Waals surface area contributed by atoms with Gasteiger partial charge < -0.3 is 135 Å². The Hall–Kier alpha value is -4.23. The van der Waals surface area contributed by atoms with Gasteiger partial charge in [0.2, 0.25) is 17.7 Å². The average Bonchev–Trinajstić information content (AvgIpc) is 1.62. The normalized spacial score (nSPS) is 14.5. The number of aryl methyl sites for hydroxylation is 1. The van der Waals surface area contributed by atoms with Crippen LogP contribution in [-0.4, -0.2) is 368 Å². The molecule has 1 unspecified atom stereocenters. The van der Waals surface area contributed by atoms with Gasteiger partial charge in [0, 0.05) is 33.0 Å². The number of β-amino-alcohol motifs (C(OH)–C–C–N with tert-alkyl or cyclic N) is 1. The quantitative estimate of drug-likeness (QED) is 0.0544. The van der Waals surface area contributed by atoms with Gasteiger partial charge in [-0.1, -0.05) is 45.0 Å². The minimum atomic E-state index is -0.982. The fourth-order valence-corrected chi connectivity index (χ4v) is 10.1. The predicted octanol–water partition coefficient (Wildman–Crippen LogP) is 2.05. The highest BCUT2D eigenvalue weighted by Crippen LogP contribution is 2.30. The number of nitrogens with two attached hydrogens (primary N) is 1. The maximum atomic E-state index is 13.8. The summed E-state index contributed by atoms with van der Waals surface area (Å²) >= 11 is 1.51. The van der Waals surface area contributed by atoms with Crippen molar-refractivity contribution in [2.75, 3.05) is 311 Å². The summed E-state index contributed by atoms with van der Waals surface area (Å²) in [5.41, 5.74) is 9.93. The first kappa shape index (κ1) is 96.0. The van der Waals surface area contributed by atoms with Gasteiger partial charge in [-0.3, -0.25) is 19.2 Å². The summed E-state index contributed by atoms with van der Waals surface area (Å²) in [4.78, 5) is 59.3. The molecule has 1 saturated heterocycles. The van der Waals surface area contributed by atoms with Crippen molar-refractivity contribution in [3.05, 3.63) is 41.0 Å². The lowest BCUT2D eigenvalue weighted by Crippen LogP contribution is -2.55. The van der Waals surface area contributed by atoms with E-state index in [1.165, 1.54) is 16.2 Å². The molecule has 0 saturated carbocycles. The van der Waals surface area contributed by atoms with Gasteiger partial charge in [-0.05, 0) is 23.5 Å². The largest absolute Gasteiger partial charge is 0.463 e. The molecular formula is C72H127N5O28S. The molecule has 2 aromatic rings. The van der Waals surface area contributed by atoms with Crippen molar-refractivity contribution >= 4 is 35.0 Å². The number of ether oxygens (including phenoxy) is 23. The molecule has 34 heteroatoms. The van der Waals surface area contributed by atoms with E-state index in [4.69, 9.17) is 115 Å². The first-order valence-corrected chi connectivity index (χ1v) is 37.8. The molecule has 1 aromatic carbocycles. The summed E-state index contributed by atoms with van der Waals surface area (Å²) in [6.45, 7) is 27.3. The monoisotopic (exact) mass is 1540 g/mol. The fraction of sp³-hybridized carbons (Fsp3) is 0.819. The number of hydrogen-bond donors (Lipinski definition) is 4. The number of amides is 3. The van der Waals surface area contributed by atoms with Crippen LogP contribution in [0.15, 0.2) is 29.8 Å². The van der Waals surface area contributed by atoms with Crippen molar-refractivity contribution in [3.8, 4) is 10.4 Å². The molecule has 0 bridgehead atoms. The number of hydrogen-bond acceptors (Lipinski definition) is 31. The van der Waals surface area contributed by atoms with Crippen molar-refractivity contribution < 1.29 is 133 Å². The lowest BCUT2D eigenvalue weighted by Gasteiger charge is -2.33. The Morgan fingerprint density at radius 1 is 0.491 bits per heavy atom. The summed E-state index contributed by atoms with van der Waals surface area (Å²) in [5.74, 6) is -1.94. The number of thiazole rings is 1. The molecule has 0 spiro atoms. The summed E-state index contributed by atoms with van der Waals surface area (Å²) in [6, 6.07) is 4.76. The second-order valence-corrected chi connectivity index (χ2v) is 25.4. The Labute approximate surface area is 631 Å². The number of nitrogens with one attached hydrogen (secondary N) is 2. The molecule has 33 nitrogen and oxygen atoms in total. The van der Waals surface area contributed by atoms with Crippen LogP contribution in [0.1, 0.15) is 57.3 Å². The molecule has 614 valence electrons. The summed E-state index contributed by atoms with van der Waals surface area (Å²) in [7, 11) is 1.64. The molecule has 1 aliphatic rings. The third-order valence-electron chi connectivity index (χ3n) is 15.1. The molecule has 5 N–H and O–H groups in total. The van der Waals surface area contributed by atoms with Gasteiger partial charge >= 0.3 is 5.97 Å². The predicted molar refractivity (Wildman–Crippen MR) is 389 cm³/mol. The zero-order valence-electron chi connectivity index (χ0n) is 63.7. The summed E-state index contributed by atoms with van der Waals surface area (Å²) in [5, 5.41) is 16.2. The van der Waals surface area contributed by atoms with Crippen molar-refractivity contribution in [1.82, 2.24) is 20.5 Å². The van der Waals surface area contributed by atoms with Crippen LogP contribution in [0.4, 0.5) is 0 Å². The number of esters is 1. The van der Waals surface area contributed by atoms with Gasteiger partial charge in [-0.2, -0.15) is 0 Å². The summed E-state index contributed by atoms with van der Waals surface area (Å²) < 4.78 is 126. The number of benzene rings is 1. The summed E-state index contributed by atoms with van der Waals surface area (Å²) in [6.07, 6.45) is -1.19. The van der Waals surface area contributed by atoms with E-state index in [0.29, 0.717) is 283 Å². The maximum absolute atomic E-state index is 13.8. The fourth-order valence-electron chi connectivity index (χ4n) is 9.25. The van der Waals surface area contributed by atoms with Crippen LogP contribution in [0.2, 0.25) is 0 Å². The number of carbonyl (C=O) groups excluding carboxylic acids is 4. The highest BCUT2D eigenvalue weighted by molar-refractivity contribution is 7.13. The van der Waals surface area contributed by atoms with Crippen molar-refractivity contribution in [2.45, 2.75) is 71.2 Å². The van der Waals surface area contributed by atoms with Crippen LogP contribution in [0.25, 0.3) is 10.4 Å². The standard InChI is InChI=1S/C72H127N5O28S/c1-60-68(106-59-75-60)62-8-6-61(7-9-62)64(76-70(81)65-56-63(78)57-77(65)71(82)69(73)72(2,3)4)58-105-67(80)11-10-66(79)74-12-13-84-16-17-86-20-21-88-24-25-90-28-29-92-32-33-94-36-37-96-40-41-98-44-45-100-48-49-102-52-53-104-55-54-103-51-50-101-47-46-99-43-42-97-39-38-95-35-34-93-31-30-91-27-26-89-23-22-87-19-18-85-15-14-83-5/h6-9,59,63-65,69,78H,10-58,73H2,1-5H3,(H,74,79)(H,76,81)/t63-,64?,65+,69-/m1/s1. The van der Waals surface area contributed by atoms with Crippen LogP contribution in [0, 0.1) is 12.3 Å². The number of likely N-dealkylation sites (tertiary alicyclic amines) is 1. The van der Waals surface area contributed by atoms with Crippen molar-refractivity contribution in [1.29, 1.82) is 0 Å². The molecule has 1 aliphatic heterocycles. The minimum Gasteiger partial charge on any atom is -0.463 e. The smallest absolute Gasteiger partial charge is 0.306 e.